The van der Waals surface area contributed by atoms with Gasteiger partial charge in [-0.25, -0.2) is 4.98 Å². The normalized spacial score (nSPS) is 12.9. The van der Waals surface area contributed by atoms with Gasteiger partial charge in [0.05, 0.1) is 12.1 Å². The summed E-state index contributed by atoms with van der Waals surface area (Å²) in [7, 11) is 0. The zero-order valence-electron chi connectivity index (χ0n) is 18.2. The van der Waals surface area contributed by atoms with Crippen molar-refractivity contribution in [2.75, 3.05) is 22.5 Å². The summed E-state index contributed by atoms with van der Waals surface area (Å²) in [4.78, 5) is 6.36. The SMILES string of the molecule is C=C1c2c(C)cccc2C=C(CNc2ccnc(N)c2C(C)=N)N1c1ccccc1C. The predicted octanol–water partition coefficient (Wildman–Crippen LogP) is 5.61. The van der Waals surface area contributed by atoms with Crippen molar-refractivity contribution in [3.63, 3.8) is 0 Å². The number of benzene rings is 2. The van der Waals surface area contributed by atoms with Gasteiger partial charge in [-0.1, -0.05) is 43.0 Å². The maximum atomic E-state index is 8.10. The lowest BCUT2D eigenvalue weighted by Gasteiger charge is -2.36. The molecule has 4 N–H and O–H groups in total. The van der Waals surface area contributed by atoms with Crippen LogP contribution in [0.25, 0.3) is 11.8 Å². The molecule has 0 bridgehead atoms. The summed E-state index contributed by atoms with van der Waals surface area (Å²) >= 11 is 0. The van der Waals surface area contributed by atoms with Crippen LogP contribution in [0.4, 0.5) is 17.2 Å². The standard InChI is InChI=1S/C26H27N5/c1-16-8-5-6-11-23(16)31-19(4)24-17(2)9-7-10-20(24)14-21(31)15-30-22-12-13-29-26(28)25(22)18(3)27/h5-14,27H,4,15H2,1-3H3,(H3,28,29,30). The first-order valence-corrected chi connectivity index (χ1v) is 10.3. The van der Waals surface area contributed by atoms with Crippen molar-refractivity contribution in [1.29, 1.82) is 5.41 Å². The van der Waals surface area contributed by atoms with E-state index in [0.29, 0.717) is 23.6 Å². The molecule has 2 aromatic carbocycles. The minimum absolute atomic E-state index is 0.358. The number of rotatable bonds is 5. The van der Waals surface area contributed by atoms with Crippen LogP contribution in [0.2, 0.25) is 0 Å². The molecule has 0 amide bonds. The number of hydrogen-bond donors (Lipinski definition) is 3. The summed E-state index contributed by atoms with van der Waals surface area (Å²) in [5, 5.41) is 11.6. The van der Waals surface area contributed by atoms with E-state index >= 15 is 0 Å². The lowest BCUT2D eigenvalue weighted by atomic mass is 9.93. The second kappa shape index (κ2) is 8.11. The number of nitrogen functional groups attached to an aromatic ring is 1. The third-order valence-corrected chi connectivity index (χ3v) is 5.64. The third-order valence-electron chi connectivity index (χ3n) is 5.64. The Labute approximate surface area is 183 Å². The molecule has 0 saturated carbocycles. The van der Waals surface area contributed by atoms with E-state index < -0.39 is 0 Å². The Morgan fingerprint density at radius 1 is 1.10 bits per heavy atom. The van der Waals surface area contributed by atoms with Gasteiger partial charge in [-0.05, 0) is 55.7 Å². The molecule has 2 heterocycles. The average Bonchev–Trinajstić information content (AvgIpc) is 2.73. The van der Waals surface area contributed by atoms with Crippen LogP contribution in [0.3, 0.4) is 0 Å². The number of para-hydroxylation sites is 1. The molecule has 0 radical (unpaired) electrons. The first kappa shape index (κ1) is 20.4. The van der Waals surface area contributed by atoms with E-state index in [-0.39, 0.29) is 0 Å². The van der Waals surface area contributed by atoms with Crippen LogP contribution in [0, 0.1) is 19.3 Å². The summed E-state index contributed by atoms with van der Waals surface area (Å²) in [6, 6.07) is 16.5. The molecule has 0 spiro atoms. The van der Waals surface area contributed by atoms with Crippen LogP contribution >= 0.6 is 0 Å². The van der Waals surface area contributed by atoms with Gasteiger partial charge in [0.1, 0.15) is 5.82 Å². The molecule has 0 saturated heterocycles. The lowest BCUT2D eigenvalue weighted by Crippen LogP contribution is -2.29. The van der Waals surface area contributed by atoms with Gasteiger partial charge in [0.25, 0.3) is 0 Å². The Bertz CT molecular complexity index is 1220. The van der Waals surface area contributed by atoms with Crippen LogP contribution in [-0.4, -0.2) is 17.2 Å². The molecule has 1 aromatic heterocycles. The van der Waals surface area contributed by atoms with Crippen LogP contribution in [0.5, 0.6) is 0 Å². The van der Waals surface area contributed by atoms with Gasteiger partial charge in [0.2, 0.25) is 0 Å². The highest BCUT2D eigenvalue weighted by atomic mass is 15.2. The van der Waals surface area contributed by atoms with Gasteiger partial charge in [0.15, 0.2) is 0 Å². The Hall–Kier alpha value is -3.86. The van der Waals surface area contributed by atoms with Crippen molar-refractivity contribution in [3.05, 3.63) is 94.8 Å². The van der Waals surface area contributed by atoms with Crippen molar-refractivity contribution in [2.45, 2.75) is 20.8 Å². The quantitative estimate of drug-likeness (QED) is 0.479. The molecule has 156 valence electrons. The monoisotopic (exact) mass is 409 g/mol. The van der Waals surface area contributed by atoms with E-state index in [9.17, 15) is 0 Å². The van der Waals surface area contributed by atoms with Crippen molar-refractivity contribution >= 4 is 34.7 Å². The molecular formula is C26H27N5. The van der Waals surface area contributed by atoms with E-state index in [0.717, 1.165) is 28.3 Å². The molecule has 5 nitrogen and oxygen atoms in total. The van der Waals surface area contributed by atoms with E-state index in [4.69, 9.17) is 11.1 Å². The summed E-state index contributed by atoms with van der Waals surface area (Å²) < 4.78 is 0. The molecule has 0 fully saturated rings. The van der Waals surface area contributed by atoms with Crippen molar-refractivity contribution in [1.82, 2.24) is 4.98 Å². The second-order valence-electron chi connectivity index (χ2n) is 7.84. The summed E-state index contributed by atoms with van der Waals surface area (Å²) in [5.74, 6) is 0.358. The highest BCUT2D eigenvalue weighted by molar-refractivity contribution is 6.05. The van der Waals surface area contributed by atoms with Crippen molar-refractivity contribution in [3.8, 4) is 0 Å². The van der Waals surface area contributed by atoms with E-state index in [1.165, 1.54) is 16.7 Å². The molecular weight excluding hydrogens is 382 g/mol. The minimum Gasteiger partial charge on any atom is -0.383 e. The van der Waals surface area contributed by atoms with Crippen LogP contribution in [0.1, 0.15) is 34.7 Å². The molecule has 0 unspecified atom stereocenters. The number of nitrogens with one attached hydrogen (secondary N) is 2. The fourth-order valence-electron chi connectivity index (χ4n) is 4.18. The van der Waals surface area contributed by atoms with Crippen LogP contribution in [-0.2, 0) is 0 Å². The van der Waals surface area contributed by atoms with Crippen LogP contribution in [0.15, 0.2) is 67.0 Å². The second-order valence-corrected chi connectivity index (χ2v) is 7.84. The number of hydrogen-bond acceptors (Lipinski definition) is 5. The molecule has 0 aliphatic carbocycles. The van der Waals surface area contributed by atoms with Gasteiger partial charge in [0, 0.05) is 40.2 Å². The Morgan fingerprint density at radius 2 is 1.84 bits per heavy atom. The number of nitrogens with zero attached hydrogens (tertiary/aromatic N) is 2. The number of aryl methyl sites for hydroxylation is 2. The molecule has 1 aliphatic heterocycles. The molecule has 3 aromatic rings. The van der Waals surface area contributed by atoms with Crippen LogP contribution < -0.4 is 16.0 Å². The largest absolute Gasteiger partial charge is 0.383 e. The lowest BCUT2D eigenvalue weighted by molar-refractivity contribution is 1.08. The fourth-order valence-corrected chi connectivity index (χ4v) is 4.18. The molecule has 0 atom stereocenters. The molecule has 4 rings (SSSR count). The average molecular weight is 410 g/mol. The van der Waals surface area contributed by atoms with Crippen molar-refractivity contribution < 1.29 is 0 Å². The maximum Gasteiger partial charge on any atom is 0.134 e. The highest BCUT2D eigenvalue weighted by Crippen LogP contribution is 2.39. The predicted molar refractivity (Wildman–Crippen MR) is 131 cm³/mol. The fraction of sp³-hybridized carbons (Fsp3) is 0.154. The zero-order chi connectivity index (χ0) is 22.1. The van der Waals surface area contributed by atoms with Gasteiger partial charge >= 0.3 is 0 Å². The van der Waals surface area contributed by atoms with Gasteiger partial charge < -0.3 is 21.4 Å². The van der Waals surface area contributed by atoms with Gasteiger partial charge in [-0.3, -0.25) is 0 Å². The topological polar surface area (TPSA) is 78.0 Å². The molecule has 5 heteroatoms. The van der Waals surface area contributed by atoms with Gasteiger partial charge in [-0.2, -0.15) is 0 Å². The Balaban J connectivity index is 1.79. The summed E-state index contributed by atoms with van der Waals surface area (Å²) in [5.41, 5.74) is 15.7. The first-order chi connectivity index (χ1) is 14.9. The Morgan fingerprint density at radius 3 is 2.58 bits per heavy atom. The summed E-state index contributed by atoms with van der Waals surface area (Å²) in [6.07, 6.45) is 3.87. The highest BCUT2D eigenvalue weighted by Gasteiger charge is 2.25. The van der Waals surface area contributed by atoms with Gasteiger partial charge in [-0.15, -0.1) is 0 Å². The zero-order valence-corrected chi connectivity index (χ0v) is 18.2. The number of fused-ring (bicyclic) bond motifs is 1. The molecule has 1 aliphatic rings. The van der Waals surface area contributed by atoms with E-state index in [2.05, 4.69) is 72.0 Å². The third kappa shape index (κ3) is 3.70. The smallest absolute Gasteiger partial charge is 0.134 e. The Kier molecular flexibility index (Phi) is 5.34. The maximum absolute atomic E-state index is 8.10. The number of pyridine rings is 1. The first-order valence-electron chi connectivity index (χ1n) is 10.3. The number of anilines is 3. The van der Waals surface area contributed by atoms with E-state index in [1.807, 2.05) is 18.2 Å². The number of nitrogens with two attached hydrogens (primary N) is 1. The number of aromatic nitrogens is 1. The molecule has 31 heavy (non-hydrogen) atoms. The van der Waals surface area contributed by atoms with Crippen molar-refractivity contribution in [2.24, 2.45) is 0 Å². The summed E-state index contributed by atoms with van der Waals surface area (Å²) in [6.45, 7) is 11.0. The van der Waals surface area contributed by atoms with E-state index in [1.54, 1.807) is 13.1 Å². The minimum atomic E-state index is 0.358.